The number of methoxy groups -OCH3 is 1. The molecule has 0 spiro atoms. The zero-order valence-electron chi connectivity index (χ0n) is 11.9. The first-order chi connectivity index (χ1) is 10.0. The molecule has 2 rings (SSSR count). The van der Waals surface area contributed by atoms with Crippen LogP contribution in [0.25, 0.3) is 0 Å². The molecule has 1 aromatic carbocycles. The molecule has 1 aromatic rings. The van der Waals surface area contributed by atoms with Gasteiger partial charge in [0.15, 0.2) is 0 Å². The van der Waals surface area contributed by atoms with Gasteiger partial charge in [-0.2, -0.15) is 0 Å². The van der Waals surface area contributed by atoms with E-state index >= 15 is 0 Å². The minimum atomic E-state index is -0.470. The van der Waals surface area contributed by atoms with Gasteiger partial charge in [0, 0.05) is 18.8 Å². The van der Waals surface area contributed by atoms with Crippen LogP contribution in [0.1, 0.15) is 15.9 Å². The van der Waals surface area contributed by atoms with Crippen molar-refractivity contribution < 1.29 is 19.1 Å². The average Bonchev–Trinajstić information content (AvgIpc) is 2.90. The third kappa shape index (κ3) is 3.13. The molecule has 0 aromatic heterocycles. The van der Waals surface area contributed by atoms with Crippen molar-refractivity contribution in [3.63, 3.8) is 0 Å². The Kier molecular flexibility index (Phi) is 4.42. The normalized spacial score (nSPS) is 13.8. The van der Waals surface area contributed by atoms with Gasteiger partial charge in [-0.15, -0.1) is 0 Å². The number of aryl methyl sites for hydroxylation is 1. The van der Waals surface area contributed by atoms with Crippen molar-refractivity contribution in [2.24, 2.45) is 0 Å². The number of esters is 1. The zero-order valence-corrected chi connectivity index (χ0v) is 11.9. The lowest BCUT2D eigenvalue weighted by Crippen LogP contribution is -2.38. The van der Waals surface area contributed by atoms with Crippen molar-refractivity contribution in [1.82, 2.24) is 10.2 Å². The Morgan fingerprint density at radius 3 is 2.81 bits per heavy atom. The van der Waals surface area contributed by atoms with Crippen molar-refractivity contribution in [1.29, 1.82) is 0 Å². The van der Waals surface area contributed by atoms with E-state index in [1.165, 1.54) is 7.11 Å². The SMILES string of the molecule is COC(=O)c1c(C)cccc1NCC(=O)N1CCNC1=O. The summed E-state index contributed by atoms with van der Waals surface area (Å²) in [6.45, 7) is 2.54. The number of nitrogens with one attached hydrogen (secondary N) is 2. The number of carbonyl (C=O) groups is 3. The summed E-state index contributed by atoms with van der Waals surface area (Å²) in [4.78, 5) is 36.3. The Labute approximate surface area is 122 Å². The maximum atomic E-state index is 12.0. The molecule has 0 aliphatic carbocycles. The molecule has 0 saturated carbocycles. The number of benzene rings is 1. The van der Waals surface area contributed by atoms with Gasteiger partial charge in [0.2, 0.25) is 5.91 Å². The second-order valence-corrected chi connectivity index (χ2v) is 4.62. The molecule has 0 radical (unpaired) electrons. The maximum absolute atomic E-state index is 12.0. The highest BCUT2D eigenvalue weighted by molar-refractivity contribution is 6.00. The first-order valence-corrected chi connectivity index (χ1v) is 6.54. The molecule has 0 unspecified atom stereocenters. The highest BCUT2D eigenvalue weighted by Crippen LogP contribution is 2.20. The smallest absolute Gasteiger partial charge is 0.340 e. The topological polar surface area (TPSA) is 87.7 Å². The van der Waals surface area contributed by atoms with Gasteiger partial charge in [-0.3, -0.25) is 9.69 Å². The summed E-state index contributed by atoms with van der Waals surface area (Å²) >= 11 is 0. The Bertz CT molecular complexity index is 586. The van der Waals surface area contributed by atoms with Crippen molar-refractivity contribution in [2.45, 2.75) is 6.92 Å². The Morgan fingerprint density at radius 1 is 1.43 bits per heavy atom. The van der Waals surface area contributed by atoms with Crippen molar-refractivity contribution >= 4 is 23.6 Å². The Balaban J connectivity index is 2.10. The third-order valence-corrected chi connectivity index (χ3v) is 3.25. The van der Waals surface area contributed by atoms with Crippen molar-refractivity contribution in [3.8, 4) is 0 Å². The standard InChI is InChI=1S/C14H17N3O4/c1-9-4-3-5-10(12(9)13(19)21-2)16-8-11(18)17-7-6-15-14(17)20/h3-5,16H,6-8H2,1-2H3,(H,15,20). The average molecular weight is 291 g/mol. The Morgan fingerprint density at radius 2 is 2.19 bits per heavy atom. The van der Waals surface area contributed by atoms with E-state index < -0.39 is 5.97 Å². The van der Waals surface area contributed by atoms with Gasteiger partial charge in [-0.05, 0) is 18.6 Å². The lowest BCUT2D eigenvalue weighted by Gasteiger charge is -2.15. The number of urea groups is 1. The summed E-state index contributed by atoms with van der Waals surface area (Å²) in [5, 5.41) is 5.46. The van der Waals surface area contributed by atoms with Gasteiger partial charge in [0.25, 0.3) is 0 Å². The van der Waals surface area contributed by atoms with Crippen LogP contribution in [0.4, 0.5) is 10.5 Å². The molecule has 1 saturated heterocycles. The molecule has 1 heterocycles. The van der Waals surface area contributed by atoms with Crippen LogP contribution in [0.15, 0.2) is 18.2 Å². The fourth-order valence-electron chi connectivity index (χ4n) is 2.16. The molecule has 21 heavy (non-hydrogen) atoms. The van der Waals surface area contributed by atoms with Gasteiger partial charge in [0.1, 0.15) is 0 Å². The summed E-state index contributed by atoms with van der Waals surface area (Å²) < 4.78 is 4.74. The molecule has 0 atom stereocenters. The van der Waals surface area contributed by atoms with E-state index in [1.807, 2.05) is 0 Å². The minimum absolute atomic E-state index is 0.0686. The predicted molar refractivity (Wildman–Crippen MR) is 76.1 cm³/mol. The monoisotopic (exact) mass is 291 g/mol. The van der Waals surface area contributed by atoms with Crippen LogP contribution in [-0.4, -0.2) is 49.6 Å². The number of nitrogens with zero attached hydrogens (tertiary/aromatic N) is 1. The van der Waals surface area contributed by atoms with E-state index in [1.54, 1.807) is 25.1 Å². The van der Waals surface area contributed by atoms with Crippen LogP contribution >= 0.6 is 0 Å². The zero-order chi connectivity index (χ0) is 15.4. The molecular formula is C14H17N3O4. The number of ether oxygens (including phenoxy) is 1. The number of amides is 3. The van der Waals surface area contributed by atoms with E-state index in [-0.39, 0.29) is 18.5 Å². The van der Waals surface area contributed by atoms with Crippen LogP contribution in [0.3, 0.4) is 0 Å². The second kappa shape index (κ2) is 6.25. The second-order valence-electron chi connectivity index (χ2n) is 4.62. The molecule has 1 aliphatic rings. The first-order valence-electron chi connectivity index (χ1n) is 6.54. The summed E-state index contributed by atoms with van der Waals surface area (Å²) in [5.41, 5.74) is 1.65. The molecular weight excluding hydrogens is 274 g/mol. The number of imide groups is 1. The van der Waals surface area contributed by atoms with Crippen molar-refractivity contribution in [3.05, 3.63) is 29.3 Å². The largest absolute Gasteiger partial charge is 0.465 e. The van der Waals surface area contributed by atoms with Gasteiger partial charge < -0.3 is 15.4 Å². The molecule has 1 fully saturated rings. The fraction of sp³-hybridized carbons (Fsp3) is 0.357. The predicted octanol–water partition coefficient (Wildman–Crippen LogP) is 0.745. The van der Waals surface area contributed by atoms with Gasteiger partial charge in [0.05, 0.1) is 19.2 Å². The number of anilines is 1. The van der Waals surface area contributed by atoms with E-state index in [9.17, 15) is 14.4 Å². The molecule has 7 nitrogen and oxygen atoms in total. The van der Waals surface area contributed by atoms with Gasteiger partial charge in [-0.1, -0.05) is 12.1 Å². The number of carbonyl (C=O) groups excluding carboxylic acids is 3. The van der Waals surface area contributed by atoms with Crippen LogP contribution in [0.5, 0.6) is 0 Å². The fourth-order valence-corrected chi connectivity index (χ4v) is 2.16. The highest BCUT2D eigenvalue weighted by atomic mass is 16.5. The minimum Gasteiger partial charge on any atom is -0.465 e. The molecule has 7 heteroatoms. The molecule has 112 valence electrons. The molecule has 3 amide bonds. The molecule has 1 aliphatic heterocycles. The van der Waals surface area contributed by atoms with Crippen molar-refractivity contribution in [2.75, 3.05) is 32.1 Å². The summed E-state index contributed by atoms with van der Waals surface area (Å²) in [6.07, 6.45) is 0. The van der Waals surface area contributed by atoms with E-state index in [0.29, 0.717) is 24.3 Å². The number of hydrogen-bond donors (Lipinski definition) is 2. The van der Waals surface area contributed by atoms with Crippen LogP contribution in [0.2, 0.25) is 0 Å². The third-order valence-electron chi connectivity index (χ3n) is 3.25. The highest BCUT2D eigenvalue weighted by Gasteiger charge is 2.26. The lowest BCUT2D eigenvalue weighted by atomic mass is 10.1. The summed E-state index contributed by atoms with van der Waals surface area (Å²) in [7, 11) is 1.30. The van der Waals surface area contributed by atoms with E-state index in [2.05, 4.69) is 10.6 Å². The lowest BCUT2D eigenvalue weighted by molar-refractivity contribution is -0.125. The molecule has 0 bridgehead atoms. The summed E-state index contributed by atoms with van der Waals surface area (Å²) in [5.74, 6) is -0.815. The number of hydrogen-bond acceptors (Lipinski definition) is 5. The van der Waals surface area contributed by atoms with Gasteiger partial charge >= 0.3 is 12.0 Å². The molecule has 2 N–H and O–H groups in total. The first kappa shape index (κ1) is 14.8. The van der Waals surface area contributed by atoms with Crippen LogP contribution in [-0.2, 0) is 9.53 Å². The van der Waals surface area contributed by atoms with Crippen LogP contribution < -0.4 is 10.6 Å². The number of rotatable bonds is 4. The van der Waals surface area contributed by atoms with Crippen LogP contribution in [0, 0.1) is 6.92 Å². The Hall–Kier alpha value is -2.57. The quantitative estimate of drug-likeness (QED) is 0.799. The van der Waals surface area contributed by atoms with E-state index in [4.69, 9.17) is 4.74 Å². The van der Waals surface area contributed by atoms with E-state index in [0.717, 1.165) is 10.5 Å². The summed E-state index contributed by atoms with van der Waals surface area (Å²) in [6, 6.07) is 4.86. The van der Waals surface area contributed by atoms with Gasteiger partial charge in [-0.25, -0.2) is 9.59 Å². The maximum Gasteiger partial charge on any atom is 0.340 e.